The maximum Gasteiger partial charge on any atom is 0.0338 e. The number of hydrogen-bond acceptors (Lipinski definition) is 3. The minimum Gasteiger partial charge on any atom is -0.314 e. The summed E-state index contributed by atoms with van der Waals surface area (Å²) in [5.74, 6) is 0. The van der Waals surface area contributed by atoms with Crippen molar-refractivity contribution in [2.45, 2.75) is 44.2 Å². The van der Waals surface area contributed by atoms with E-state index in [0.717, 1.165) is 13.1 Å². The molecule has 1 aliphatic carbocycles. The summed E-state index contributed by atoms with van der Waals surface area (Å²) in [4.78, 5) is 6.83. The van der Waals surface area contributed by atoms with Gasteiger partial charge in [-0.15, -0.1) is 12.4 Å². The lowest BCUT2D eigenvalue weighted by molar-refractivity contribution is 0.0209. The Labute approximate surface area is 122 Å². The third kappa shape index (κ3) is 3.28. The van der Waals surface area contributed by atoms with E-state index in [9.17, 15) is 0 Å². The van der Waals surface area contributed by atoms with Crippen LogP contribution in [0.1, 0.15) is 37.7 Å². The van der Waals surface area contributed by atoms with Gasteiger partial charge in [0.1, 0.15) is 0 Å². The zero-order valence-corrected chi connectivity index (χ0v) is 12.3. The van der Waals surface area contributed by atoms with Gasteiger partial charge in [-0.2, -0.15) is 0 Å². The van der Waals surface area contributed by atoms with Gasteiger partial charge in [-0.25, -0.2) is 0 Å². The monoisotopic (exact) mass is 281 g/mol. The highest BCUT2D eigenvalue weighted by Crippen LogP contribution is 2.35. The smallest absolute Gasteiger partial charge is 0.0338 e. The molecule has 0 atom stereocenters. The van der Waals surface area contributed by atoms with E-state index in [-0.39, 0.29) is 12.4 Å². The van der Waals surface area contributed by atoms with Gasteiger partial charge in [0.2, 0.25) is 0 Å². The van der Waals surface area contributed by atoms with Crippen molar-refractivity contribution in [3.63, 3.8) is 0 Å². The van der Waals surface area contributed by atoms with Crippen molar-refractivity contribution in [1.29, 1.82) is 0 Å². The summed E-state index contributed by atoms with van der Waals surface area (Å²) in [6, 6.07) is 4.30. The number of hydrogen-bond donors (Lipinski definition) is 1. The lowest BCUT2D eigenvalue weighted by Crippen LogP contribution is -2.61. The van der Waals surface area contributed by atoms with Gasteiger partial charge in [-0.3, -0.25) is 9.88 Å². The Morgan fingerprint density at radius 1 is 1.16 bits per heavy atom. The number of nitrogens with zero attached hydrogens (tertiary/aromatic N) is 2. The number of rotatable bonds is 2. The van der Waals surface area contributed by atoms with E-state index in [4.69, 9.17) is 0 Å². The Kier molecular flexibility index (Phi) is 5.20. The van der Waals surface area contributed by atoms with Gasteiger partial charge in [0.15, 0.2) is 0 Å². The van der Waals surface area contributed by atoms with Crippen LogP contribution in [0.4, 0.5) is 0 Å². The Bertz CT molecular complexity index is 368. The highest BCUT2D eigenvalue weighted by molar-refractivity contribution is 5.85. The minimum atomic E-state index is 0. The average Bonchev–Trinajstić information content (AvgIpc) is 2.44. The number of nitrogens with one attached hydrogen (secondary N) is 1. The number of halogens is 1. The molecule has 3 nitrogen and oxygen atoms in total. The summed E-state index contributed by atoms with van der Waals surface area (Å²) in [5, 5.41) is 3.61. The van der Waals surface area contributed by atoms with Crippen LogP contribution in [0.2, 0.25) is 0 Å². The Morgan fingerprint density at radius 2 is 1.89 bits per heavy atom. The average molecular weight is 282 g/mol. The summed E-state index contributed by atoms with van der Waals surface area (Å²) in [6.07, 6.45) is 10.8. The fraction of sp³-hybridized carbons (Fsp3) is 0.667. The zero-order valence-electron chi connectivity index (χ0n) is 11.5. The van der Waals surface area contributed by atoms with E-state index in [2.05, 4.69) is 27.3 Å². The van der Waals surface area contributed by atoms with Crippen LogP contribution in [-0.2, 0) is 6.54 Å². The first-order valence-corrected chi connectivity index (χ1v) is 7.24. The second kappa shape index (κ2) is 6.69. The molecule has 3 rings (SSSR count). The fourth-order valence-electron chi connectivity index (χ4n) is 3.54. The molecule has 0 bridgehead atoms. The molecule has 2 heterocycles. The maximum absolute atomic E-state index is 4.11. The summed E-state index contributed by atoms with van der Waals surface area (Å²) < 4.78 is 0. The minimum absolute atomic E-state index is 0. The van der Waals surface area contributed by atoms with Gasteiger partial charge in [0.25, 0.3) is 0 Å². The molecule has 106 valence electrons. The Balaban J connectivity index is 0.00000133. The lowest BCUT2D eigenvalue weighted by Gasteiger charge is -2.50. The van der Waals surface area contributed by atoms with Crippen LogP contribution in [0.5, 0.6) is 0 Å². The molecule has 0 aromatic carbocycles. The predicted molar refractivity (Wildman–Crippen MR) is 80.6 cm³/mol. The van der Waals surface area contributed by atoms with E-state index in [0.29, 0.717) is 5.54 Å². The highest BCUT2D eigenvalue weighted by atomic mass is 35.5. The third-order valence-electron chi connectivity index (χ3n) is 4.59. The molecule has 1 saturated heterocycles. The normalized spacial score (nSPS) is 22.9. The maximum atomic E-state index is 4.11. The molecule has 19 heavy (non-hydrogen) atoms. The van der Waals surface area contributed by atoms with Gasteiger partial charge in [-0.05, 0) is 30.5 Å². The summed E-state index contributed by atoms with van der Waals surface area (Å²) in [6.45, 7) is 4.58. The molecule has 1 N–H and O–H groups in total. The van der Waals surface area contributed by atoms with E-state index in [1.165, 1.54) is 50.8 Å². The number of aromatic nitrogens is 1. The van der Waals surface area contributed by atoms with Crippen LogP contribution in [0.3, 0.4) is 0 Å². The SMILES string of the molecule is Cl.c1cc(CN2CCNCC23CCCCC3)ccn1. The van der Waals surface area contributed by atoms with Gasteiger partial charge < -0.3 is 5.32 Å². The largest absolute Gasteiger partial charge is 0.314 e. The van der Waals surface area contributed by atoms with Crippen molar-refractivity contribution in [2.75, 3.05) is 19.6 Å². The van der Waals surface area contributed by atoms with E-state index in [1.807, 2.05) is 12.4 Å². The molecular formula is C15H24ClN3. The lowest BCUT2D eigenvalue weighted by atomic mass is 9.79. The molecule has 1 aliphatic heterocycles. The molecular weight excluding hydrogens is 258 g/mol. The van der Waals surface area contributed by atoms with Crippen molar-refractivity contribution in [2.24, 2.45) is 0 Å². The first-order valence-electron chi connectivity index (χ1n) is 7.24. The van der Waals surface area contributed by atoms with Crippen molar-refractivity contribution in [1.82, 2.24) is 15.2 Å². The van der Waals surface area contributed by atoms with Crippen LogP contribution in [0.25, 0.3) is 0 Å². The van der Waals surface area contributed by atoms with Crippen LogP contribution in [0, 0.1) is 0 Å². The first-order chi connectivity index (χ1) is 8.89. The summed E-state index contributed by atoms with van der Waals surface area (Å²) in [5.41, 5.74) is 1.83. The molecule has 1 spiro atoms. The zero-order chi connectivity index (χ0) is 12.3. The molecule has 4 heteroatoms. The van der Waals surface area contributed by atoms with Crippen LogP contribution in [-0.4, -0.2) is 35.1 Å². The van der Waals surface area contributed by atoms with E-state index < -0.39 is 0 Å². The number of piperazine rings is 1. The second-order valence-corrected chi connectivity index (χ2v) is 5.74. The first kappa shape index (κ1) is 14.8. The summed E-state index contributed by atoms with van der Waals surface area (Å²) >= 11 is 0. The molecule has 1 aromatic rings. The van der Waals surface area contributed by atoms with Gasteiger partial charge in [0, 0.05) is 44.1 Å². The van der Waals surface area contributed by atoms with Crippen LogP contribution in [0.15, 0.2) is 24.5 Å². The van der Waals surface area contributed by atoms with Gasteiger partial charge in [-0.1, -0.05) is 19.3 Å². The molecule has 2 fully saturated rings. The van der Waals surface area contributed by atoms with Gasteiger partial charge in [0.05, 0.1) is 0 Å². The second-order valence-electron chi connectivity index (χ2n) is 5.74. The highest BCUT2D eigenvalue weighted by Gasteiger charge is 2.39. The molecule has 0 amide bonds. The fourth-order valence-corrected chi connectivity index (χ4v) is 3.54. The standard InChI is InChI=1S/C15H23N3.ClH/c1-2-6-15(7-3-1)13-17-10-11-18(15)12-14-4-8-16-9-5-14;/h4-5,8-9,17H,1-3,6-7,10-13H2;1H. The van der Waals surface area contributed by atoms with E-state index >= 15 is 0 Å². The Hall–Kier alpha value is -0.640. The predicted octanol–water partition coefficient (Wildman–Crippen LogP) is 2.61. The third-order valence-corrected chi connectivity index (χ3v) is 4.59. The van der Waals surface area contributed by atoms with Crippen LogP contribution >= 0.6 is 12.4 Å². The molecule has 0 radical (unpaired) electrons. The van der Waals surface area contributed by atoms with Crippen LogP contribution < -0.4 is 5.32 Å². The quantitative estimate of drug-likeness (QED) is 0.903. The molecule has 2 aliphatic rings. The molecule has 1 aromatic heterocycles. The van der Waals surface area contributed by atoms with E-state index in [1.54, 1.807) is 0 Å². The topological polar surface area (TPSA) is 28.2 Å². The summed E-state index contributed by atoms with van der Waals surface area (Å²) in [7, 11) is 0. The van der Waals surface area contributed by atoms with Crippen molar-refractivity contribution in [3.05, 3.63) is 30.1 Å². The molecule has 1 saturated carbocycles. The van der Waals surface area contributed by atoms with Gasteiger partial charge >= 0.3 is 0 Å². The van der Waals surface area contributed by atoms with Crippen molar-refractivity contribution < 1.29 is 0 Å². The molecule has 0 unspecified atom stereocenters. The van der Waals surface area contributed by atoms with Crippen molar-refractivity contribution >= 4 is 12.4 Å². The Morgan fingerprint density at radius 3 is 2.63 bits per heavy atom. The number of pyridine rings is 1. The van der Waals surface area contributed by atoms with Crippen molar-refractivity contribution in [3.8, 4) is 0 Å².